The van der Waals surface area contributed by atoms with Crippen LogP contribution in [0.5, 0.6) is 0 Å². The molecule has 0 bridgehead atoms. The van der Waals surface area contributed by atoms with Gasteiger partial charge in [-0.05, 0) is 17.9 Å². The maximum absolute atomic E-state index is 12.7. The second kappa shape index (κ2) is 9.30. The molecular weight excluding hydrogens is 399 g/mol. The summed E-state index contributed by atoms with van der Waals surface area (Å²) < 4.78 is 0. The Labute approximate surface area is 168 Å². The van der Waals surface area contributed by atoms with Crippen LogP contribution in [0.2, 0.25) is 0 Å². The van der Waals surface area contributed by atoms with Gasteiger partial charge in [0.15, 0.2) is 0 Å². The van der Waals surface area contributed by atoms with E-state index in [-0.39, 0.29) is 30.7 Å². The number of aromatic nitrogens is 1. The highest BCUT2D eigenvalue weighted by Crippen LogP contribution is 2.28. The largest absolute Gasteiger partial charge is 0.336 e. The van der Waals surface area contributed by atoms with Gasteiger partial charge in [-0.15, -0.1) is 47.5 Å². The second-order valence-corrected chi connectivity index (χ2v) is 7.80. The van der Waals surface area contributed by atoms with Crippen LogP contribution in [0.3, 0.4) is 0 Å². The van der Waals surface area contributed by atoms with Crippen LogP contribution >= 0.6 is 47.5 Å². The van der Waals surface area contributed by atoms with Crippen molar-refractivity contribution < 1.29 is 4.79 Å². The number of thiophene rings is 1. The number of thiazole rings is 1. The lowest BCUT2D eigenvalue weighted by atomic mass is 10.2. The molecule has 9 heteroatoms. The number of nitrogens with zero attached hydrogens (tertiary/aromatic N) is 3. The molecule has 1 amide bonds. The maximum atomic E-state index is 12.7. The molecule has 0 radical (unpaired) electrons. The number of nitrogens with one attached hydrogen (secondary N) is 1. The molecule has 1 unspecified atom stereocenters. The molecule has 2 aromatic heterocycles. The highest BCUT2D eigenvalue weighted by Gasteiger charge is 2.32. The van der Waals surface area contributed by atoms with Crippen molar-refractivity contribution in [1.82, 2.24) is 20.1 Å². The molecule has 0 spiro atoms. The fourth-order valence-corrected chi connectivity index (χ4v) is 4.93. The molecule has 4 heterocycles. The van der Waals surface area contributed by atoms with E-state index in [1.54, 1.807) is 22.7 Å². The number of piperazine rings is 1. The Bertz CT molecular complexity index is 673. The Balaban J connectivity index is 0.00000113. The van der Waals surface area contributed by atoms with Crippen molar-refractivity contribution in [2.75, 3.05) is 39.3 Å². The van der Waals surface area contributed by atoms with E-state index >= 15 is 0 Å². The lowest BCUT2D eigenvalue weighted by Gasteiger charge is -2.32. The van der Waals surface area contributed by atoms with Gasteiger partial charge in [0, 0.05) is 50.7 Å². The third kappa shape index (κ3) is 4.53. The predicted molar refractivity (Wildman–Crippen MR) is 109 cm³/mol. The first kappa shape index (κ1) is 20.6. The summed E-state index contributed by atoms with van der Waals surface area (Å²) in [5.74, 6) is 0.0849. The summed E-state index contributed by atoms with van der Waals surface area (Å²) in [5, 5.41) is 8.27. The molecule has 138 valence electrons. The minimum Gasteiger partial charge on any atom is -0.336 e. The Morgan fingerprint density at radius 2 is 2.00 bits per heavy atom. The minimum atomic E-state index is 0. The molecule has 2 aliphatic heterocycles. The van der Waals surface area contributed by atoms with Crippen LogP contribution in [0.4, 0.5) is 0 Å². The minimum absolute atomic E-state index is 0. The van der Waals surface area contributed by atoms with E-state index in [4.69, 9.17) is 0 Å². The summed E-state index contributed by atoms with van der Waals surface area (Å²) >= 11 is 3.22. The zero-order chi connectivity index (χ0) is 15.6. The number of hydrogen-bond acceptors (Lipinski definition) is 6. The molecule has 2 fully saturated rings. The second-order valence-electron chi connectivity index (χ2n) is 5.99. The van der Waals surface area contributed by atoms with E-state index in [1.165, 1.54) is 0 Å². The van der Waals surface area contributed by atoms with E-state index in [9.17, 15) is 4.79 Å². The Kier molecular flexibility index (Phi) is 7.67. The van der Waals surface area contributed by atoms with Crippen molar-refractivity contribution in [3.8, 4) is 9.88 Å². The predicted octanol–water partition coefficient (Wildman–Crippen LogP) is 2.83. The van der Waals surface area contributed by atoms with E-state index < -0.39 is 0 Å². The zero-order valence-electron chi connectivity index (χ0n) is 13.7. The van der Waals surface area contributed by atoms with Crippen molar-refractivity contribution in [3.05, 3.63) is 28.6 Å². The summed E-state index contributed by atoms with van der Waals surface area (Å²) in [6.45, 7) is 5.98. The Morgan fingerprint density at radius 1 is 1.20 bits per heavy atom. The molecule has 25 heavy (non-hydrogen) atoms. The third-order valence-corrected chi connectivity index (χ3v) is 6.46. The number of hydrogen-bond donors (Lipinski definition) is 1. The molecule has 2 aromatic rings. The van der Waals surface area contributed by atoms with Crippen LogP contribution in [-0.4, -0.2) is 66.0 Å². The first-order valence-corrected chi connectivity index (χ1v) is 9.80. The fourth-order valence-electron chi connectivity index (χ4n) is 3.32. The highest BCUT2D eigenvalue weighted by molar-refractivity contribution is 7.20. The van der Waals surface area contributed by atoms with Crippen LogP contribution in [0.1, 0.15) is 16.9 Å². The van der Waals surface area contributed by atoms with Crippen molar-refractivity contribution >= 4 is 53.4 Å². The van der Waals surface area contributed by atoms with Gasteiger partial charge in [-0.25, -0.2) is 4.98 Å². The molecule has 0 aromatic carbocycles. The summed E-state index contributed by atoms with van der Waals surface area (Å²) in [5.41, 5.74) is 0.597. The van der Waals surface area contributed by atoms with E-state index in [0.29, 0.717) is 11.7 Å². The van der Waals surface area contributed by atoms with Crippen LogP contribution in [0.15, 0.2) is 22.9 Å². The normalized spacial score (nSPS) is 20.8. The lowest BCUT2D eigenvalue weighted by molar-refractivity contribution is 0.0768. The Morgan fingerprint density at radius 3 is 2.72 bits per heavy atom. The summed E-state index contributed by atoms with van der Waals surface area (Å²) in [4.78, 5) is 22.9. The molecule has 1 atom stereocenters. The monoisotopic (exact) mass is 420 g/mol. The molecule has 0 aliphatic carbocycles. The molecule has 1 N–H and O–H groups in total. The van der Waals surface area contributed by atoms with E-state index in [2.05, 4.69) is 15.2 Å². The van der Waals surface area contributed by atoms with Crippen LogP contribution < -0.4 is 5.32 Å². The SMILES string of the molecule is Cl.Cl.O=C(c1csc(-c2cccs2)n1)N1CCC(N2CCNCC2)C1. The van der Waals surface area contributed by atoms with Crippen LogP contribution in [0.25, 0.3) is 9.88 Å². The van der Waals surface area contributed by atoms with Gasteiger partial charge in [0.25, 0.3) is 5.91 Å². The number of carbonyl (C=O) groups is 1. The number of halogens is 2. The molecule has 4 rings (SSSR count). The van der Waals surface area contributed by atoms with Crippen LogP contribution in [0, 0.1) is 0 Å². The maximum Gasteiger partial charge on any atom is 0.273 e. The van der Waals surface area contributed by atoms with Gasteiger partial charge in [0.05, 0.1) is 4.88 Å². The smallest absolute Gasteiger partial charge is 0.273 e. The van der Waals surface area contributed by atoms with Gasteiger partial charge in [0.2, 0.25) is 0 Å². The van der Waals surface area contributed by atoms with Gasteiger partial charge in [-0.3, -0.25) is 9.69 Å². The topological polar surface area (TPSA) is 48.5 Å². The average Bonchev–Trinajstić information content (AvgIpc) is 3.35. The number of rotatable bonds is 3. The molecule has 2 aliphatic rings. The van der Waals surface area contributed by atoms with Crippen molar-refractivity contribution in [2.24, 2.45) is 0 Å². The van der Waals surface area contributed by atoms with Gasteiger partial charge in [-0.1, -0.05) is 6.07 Å². The summed E-state index contributed by atoms with van der Waals surface area (Å²) in [6, 6.07) is 4.58. The molecular formula is C16H22Cl2N4OS2. The quantitative estimate of drug-likeness (QED) is 0.828. The lowest BCUT2D eigenvalue weighted by Crippen LogP contribution is -2.49. The number of likely N-dealkylation sites (tertiary alicyclic amines) is 1. The average molecular weight is 421 g/mol. The first-order chi connectivity index (χ1) is 11.3. The van der Waals surface area contributed by atoms with E-state index in [1.807, 2.05) is 27.8 Å². The highest BCUT2D eigenvalue weighted by atomic mass is 35.5. The third-order valence-electron chi connectivity index (χ3n) is 4.57. The van der Waals surface area contributed by atoms with Gasteiger partial charge >= 0.3 is 0 Å². The van der Waals surface area contributed by atoms with Crippen molar-refractivity contribution in [2.45, 2.75) is 12.5 Å². The van der Waals surface area contributed by atoms with Gasteiger partial charge in [0.1, 0.15) is 10.7 Å². The standard InChI is InChI=1S/C16H20N4OS2.2ClH/c21-16(13-11-23-15(18-13)14-2-1-9-22-14)20-6-3-12(10-20)19-7-4-17-5-8-19;;/h1-2,9,11-12,17H,3-8,10H2;2*1H. The zero-order valence-corrected chi connectivity index (χ0v) is 17.0. The number of amides is 1. The van der Waals surface area contributed by atoms with Gasteiger partial charge in [-0.2, -0.15) is 0 Å². The van der Waals surface area contributed by atoms with Crippen LogP contribution in [-0.2, 0) is 0 Å². The molecule has 2 saturated heterocycles. The summed E-state index contributed by atoms with van der Waals surface area (Å²) in [7, 11) is 0. The molecule has 0 saturated carbocycles. The summed E-state index contributed by atoms with van der Waals surface area (Å²) in [6.07, 6.45) is 1.08. The Hall–Kier alpha value is -0.700. The first-order valence-electron chi connectivity index (χ1n) is 8.05. The fraction of sp³-hybridized carbons (Fsp3) is 0.500. The van der Waals surface area contributed by atoms with E-state index in [0.717, 1.165) is 55.6 Å². The van der Waals surface area contributed by atoms with Crippen molar-refractivity contribution in [3.63, 3.8) is 0 Å². The molecule has 5 nitrogen and oxygen atoms in total. The van der Waals surface area contributed by atoms with Gasteiger partial charge < -0.3 is 10.2 Å². The van der Waals surface area contributed by atoms with Crippen molar-refractivity contribution in [1.29, 1.82) is 0 Å². The number of carbonyl (C=O) groups excluding carboxylic acids is 1.